The lowest BCUT2D eigenvalue weighted by Crippen LogP contribution is -2.56. The second-order valence-electron chi connectivity index (χ2n) is 4.98. The van der Waals surface area contributed by atoms with Crippen molar-refractivity contribution >= 4 is 5.97 Å². The van der Waals surface area contributed by atoms with Crippen molar-refractivity contribution in [2.45, 2.75) is 19.9 Å². The van der Waals surface area contributed by atoms with Crippen LogP contribution in [-0.4, -0.2) is 26.3 Å². The maximum atomic E-state index is 11.9. The predicted octanol–water partition coefficient (Wildman–Crippen LogP) is 1.49. The molecule has 2 rings (SSSR count). The van der Waals surface area contributed by atoms with Crippen molar-refractivity contribution in [3.05, 3.63) is 34.9 Å². The first kappa shape index (κ1) is 13.1. The summed E-state index contributed by atoms with van der Waals surface area (Å²) in [4.78, 5) is 11.9. The fourth-order valence-electron chi connectivity index (χ4n) is 2.42. The largest absolute Gasteiger partial charge is 0.468 e. The van der Waals surface area contributed by atoms with Crippen molar-refractivity contribution in [3.8, 4) is 0 Å². The van der Waals surface area contributed by atoms with E-state index in [1.807, 2.05) is 26.0 Å². The minimum atomic E-state index is -0.727. The molecule has 1 saturated heterocycles. The molecule has 0 aliphatic carbocycles. The Morgan fingerprint density at radius 3 is 2.56 bits per heavy atom. The molecule has 0 spiro atoms. The highest BCUT2D eigenvalue weighted by Gasteiger charge is 2.52. The average molecular weight is 249 g/mol. The van der Waals surface area contributed by atoms with Crippen LogP contribution < -0.4 is 5.73 Å². The summed E-state index contributed by atoms with van der Waals surface area (Å²) in [7, 11) is 1.39. The lowest BCUT2D eigenvalue weighted by Gasteiger charge is -2.43. The van der Waals surface area contributed by atoms with E-state index in [-0.39, 0.29) is 12.0 Å². The maximum absolute atomic E-state index is 11.9. The molecule has 1 aliphatic rings. The first-order valence-electron chi connectivity index (χ1n) is 6.00. The number of esters is 1. The fourth-order valence-corrected chi connectivity index (χ4v) is 2.42. The first-order chi connectivity index (χ1) is 8.51. The van der Waals surface area contributed by atoms with Crippen molar-refractivity contribution in [1.29, 1.82) is 0 Å². The van der Waals surface area contributed by atoms with E-state index in [9.17, 15) is 4.79 Å². The summed E-state index contributed by atoms with van der Waals surface area (Å²) >= 11 is 0. The Hall–Kier alpha value is -1.39. The summed E-state index contributed by atoms with van der Waals surface area (Å²) in [5.41, 5.74) is 8.81. The van der Waals surface area contributed by atoms with Gasteiger partial charge in [0.1, 0.15) is 5.41 Å². The lowest BCUT2D eigenvalue weighted by atomic mass is 9.74. The summed E-state index contributed by atoms with van der Waals surface area (Å²) in [5.74, 6) is -0.291. The van der Waals surface area contributed by atoms with E-state index >= 15 is 0 Å². The summed E-state index contributed by atoms with van der Waals surface area (Å²) in [6, 6.07) is 5.67. The van der Waals surface area contributed by atoms with E-state index in [0.29, 0.717) is 13.2 Å². The summed E-state index contributed by atoms with van der Waals surface area (Å²) in [6.07, 6.45) is 0. The first-order valence-corrected chi connectivity index (χ1v) is 6.00. The Labute approximate surface area is 107 Å². The van der Waals surface area contributed by atoms with Crippen molar-refractivity contribution in [2.75, 3.05) is 20.3 Å². The third kappa shape index (κ3) is 1.91. The number of aryl methyl sites for hydroxylation is 2. The second kappa shape index (κ2) is 4.71. The van der Waals surface area contributed by atoms with Gasteiger partial charge in [-0.2, -0.15) is 0 Å². The van der Waals surface area contributed by atoms with E-state index < -0.39 is 5.41 Å². The van der Waals surface area contributed by atoms with Crippen LogP contribution in [0.25, 0.3) is 0 Å². The SMILES string of the molecule is COC(=O)C1(C(N)c2ccc(C)cc2C)COC1. The molecule has 2 N–H and O–H groups in total. The van der Waals surface area contributed by atoms with E-state index in [0.717, 1.165) is 11.1 Å². The van der Waals surface area contributed by atoms with Gasteiger partial charge < -0.3 is 15.2 Å². The van der Waals surface area contributed by atoms with Gasteiger partial charge in [0.15, 0.2) is 0 Å². The smallest absolute Gasteiger partial charge is 0.318 e. The van der Waals surface area contributed by atoms with Gasteiger partial charge in [0.2, 0.25) is 0 Å². The zero-order chi connectivity index (χ0) is 13.3. The van der Waals surface area contributed by atoms with Crippen LogP contribution in [0, 0.1) is 19.3 Å². The summed E-state index contributed by atoms with van der Waals surface area (Å²) in [5, 5.41) is 0. The molecule has 1 aliphatic heterocycles. The maximum Gasteiger partial charge on any atom is 0.318 e. The molecule has 1 unspecified atom stereocenters. The van der Waals surface area contributed by atoms with Crippen LogP contribution in [0.5, 0.6) is 0 Å². The molecule has 4 heteroatoms. The number of carbonyl (C=O) groups is 1. The number of methoxy groups -OCH3 is 1. The number of ether oxygens (including phenoxy) is 2. The molecule has 0 saturated carbocycles. The van der Waals surface area contributed by atoms with Crippen LogP contribution in [0.2, 0.25) is 0 Å². The van der Waals surface area contributed by atoms with Gasteiger partial charge in [0.25, 0.3) is 0 Å². The minimum Gasteiger partial charge on any atom is -0.468 e. The van der Waals surface area contributed by atoms with Crippen molar-refractivity contribution in [2.24, 2.45) is 11.1 Å². The zero-order valence-corrected chi connectivity index (χ0v) is 11.0. The van der Waals surface area contributed by atoms with Crippen molar-refractivity contribution in [1.82, 2.24) is 0 Å². The molecule has 0 amide bonds. The van der Waals surface area contributed by atoms with Crippen LogP contribution in [0.1, 0.15) is 22.7 Å². The van der Waals surface area contributed by atoms with Crippen LogP contribution in [0.3, 0.4) is 0 Å². The normalized spacial score (nSPS) is 18.9. The van der Waals surface area contributed by atoms with Gasteiger partial charge >= 0.3 is 5.97 Å². The molecule has 98 valence electrons. The predicted molar refractivity (Wildman–Crippen MR) is 68.1 cm³/mol. The number of rotatable bonds is 3. The number of benzene rings is 1. The molecule has 1 fully saturated rings. The highest BCUT2D eigenvalue weighted by molar-refractivity contribution is 5.79. The number of hydrogen-bond acceptors (Lipinski definition) is 4. The van der Waals surface area contributed by atoms with Crippen LogP contribution in [0.15, 0.2) is 18.2 Å². The summed E-state index contributed by atoms with van der Waals surface area (Å²) < 4.78 is 10.1. The molecule has 0 aromatic heterocycles. The van der Waals surface area contributed by atoms with Gasteiger partial charge in [0.05, 0.1) is 26.4 Å². The molecule has 1 aromatic rings. The fraction of sp³-hybridized carbons (Fsp3) is 0.500. The van der Waals surface area contributed by atoms with Gasteiger partial charge in [-0.15, -0.1) is 0 Å². The molecule has 18 heavy (non-hydrogen) atoms. The third-order valence-corrected chi connectivity index (χ3v) is 3.67. The number of hydrogen-bond donors (Lipinski definition) is 1. The second-order valence-corrected chi connectivity index (χ2v) is 4.98. The molecule has 0 radical (unpaired) electrons. The number of nitrogens with two attached hydrogens (primary N) is 1. The van der Waals surface area contributed by atoms with E-state index in [2.05, 4.69) is 6.07 Å². The van der Waals surface area contributed by atoms with Crippen molar-refractivity contribution in [3.63, 3.8) is 0 Å². The van der Waals surface area contributed by atoms with E-state index in [4.69, 9.17) is 15.2 Å². The quantitative estimate of drug-likeness (QED) is 0.824. The average Bonchev–Trinajstić information content (AvgIpc) is 2.26. The van der Waals surface area contributed by atoms with Gasteiger partial charge in [-0.3, -0.25) is 4.79 Å². The zero-order valence-electron chi connectivity index (χ0n) is 11.0. The Morgan fingerprint density at radius 1 is 1.44 bits per heavy atom. The molecular weight excluding hydrogens is 230 g/mol. The van der Waals surface area contributed by atoms with E-state index in [1.54, 1.807) is 0 Å². The van der Waals surface area contributed by atoms with E-state index in [1.165, 1.54) is 12.7 Å². The molecule has 1 aromatic carbocycles. The Morgan fingerprint density at radius 2 is 2.11 bits per heavy atom. The number of carbonyl (C=O) groups excluding carboxylic acids is 1. The Balaban J connectivity index is 2.35. The lowest BCUT2D eigenvalue weighted by molar-refractivity contribution is -0.188. The minimum absolute atomic E-state index is 0.291. The topological polar surface area (TPSA) is 61.5 Å². The molecule has 4 nitrogen and oxygen atoms in total. The standard InChI is InChI=1S/C14H19NO3/c1-9-4-5-11(10(2)6-9)12(15)14(7-18-8-14)13(16)17-3/h4-6,12H,7-8,15H2,1-3H3. The molecule has 1 atom stereocenters. The Bertz CT molecular complexity index is 466. The van der Waals surface area contributed by atoms with Gasteiger partial charge in [-0.1, -0.05) is 23.8 Å². The molecular formula is C14H19NO3. The monoisotopic (exact) mass is 249 g/mol. The van der Waals surface area contributed by atoms with Crippen LogP contribution in [0.4, 0.5) is 0 Å². The summed E-state index contributed by atoms with van der Waals surface area (Å²) in [6.45, 7) is 4.69. The molecule has 1 heterocycles. The van der Waals surface area contributed by atoms with Crippen molar-refractivity contribution < 1.29 is 14.3 Å². The highest BCUT2D eigenvalue weighted by atomic mass is 16.5. The third-order valence-electron chi connectivity index (χ3n) is 3.67. The highest BCUT2D eigenvalue weighted by Crippen LogP contribution is 2.41. The van der Waals surface area contributed by atoms with Crippen LogP contribution >= 0.6 is 0 Å². The molecule has 0 bridgehead atoms. The van der Waals surface area contributed by atoms with Gasteiger partial charge in [0, 0.05) is 0 Å². The van der Waals surface area contributed by atoms with Gasteiger partial charge in [-0.25, -0.2) is 0 Å². The van der Waals surface area contributed by atoms with Gasteiger partial charge in [-0.05, 0) is 25.0 Å². The van der Waals surface area contributed by atoms with Crippen LogP contribution in [-0.2, 0) is 14.3 Å². The Kier molecular flexibility index (Phi) is 3.41.